The first-order valence-corrected chi connectivity index (χ1v) is 8.95. The Morgan fingerprint density at radius 2 is 2.11 bits per heavy atom. The van der Waals surface area contributed by atoms with E-state index in [9.17, 15) is 14.4 Å². The van der Waals surface area contributed by atoms with Crippen LogP contribution in [-0.4, -0.2) is 45.8 Å². The highest BCUT2D eigenvalue weighted by molar-refractivity contribution is 5.97. The lowest BCUT2D eigenvalue weighted by molar-refractivity contribution is -0.124. The zero-order chi connectivity index (χ0) is 19.2. The van der Waals surface area contributed by atoms with Gasteiger partial charge in [0.05, 0.1) is 0 Å². The number of rotatable bonds is 6. The number of amides is 2. The second-order valence-corrected chi connectivity index (χ2v) is 6.23. The summed E-state index contributed by atoms with van der Waals surface area (Å²) in [5.41, 5.74) is -0.613. The molecule has 2 amide bonds. The van der Waals surface area contributed by atoms with Gasteiger partial charge in [-0.2, -0.15) is 0 Å². The summed E-state index contributed by atoms with van der Waals surface area (Å²) in [5.74, 6) is 0.304. The van der Waals surface area contributed by atoms with Crippen molar-refractivity contribution in [3.05, 3.63) is 58.3 Å². The van der Waals surface area contributed by atoms with Gasteiger partial charge < -0.3 is 19.9 Å². The van der Waals surface area contributed by atoms with E-state index >= 15 is 0 Å². The van der Waals surface area contributed by atoms with E-state index in [-0.39, 0.29) is 18.1 Å². The summed E-state index contributed by atoms with van der Waals surface area (Å²) in [7, 11) is 0. The zero-order valence-corrected chi connectivity index (χ0v) is 15.1. The number of hydrogen-bond acceptors (Lipinski definition) is 5. The van der Waals surface area contributed by atoms with Gasteiger partial charge in [-0.3, -0.25) is 14.4 Å². The number of ether oxygens (including phenoxy) is 1. The van der Waals surface area contributed by atoms with E-state index in [4.69, 9.17) is 4.74 Å². The smallest absolute Gasteiger partial charge is 0.263 e. The van der Waals surface area contributed by atoms with E-state index < -0.39 is 17.5 Å². The summed E-state index contributed by atoms with van der Waals surface area (Å²) < 4.78 is 5.54. The topological polar surface area (TPSA) is 104 Å². The fraction of sp³-hybridized carbons (Fsp3) is 0.368. The van der Waals surface area contributed by atoms with Crippen molar-refractivity contribution in [3.8, 4) is 5.75 Å². The molecule has 8 heteroatoms. The summed E-state index contributed by atoms with van der Waals surface area (Å²) in [4.78, 5) is 45.4. The number of benzene rings is 1. The molecule has 1 aliphatic heterocycles. The van der Waals surface area contributed by atoms with Crippen LogP contribution in [0, 0.1) is 0 Å². The molecule has 142 valence electrons. The summed E-state index contributed by atoms with van der Waals surface area (Å²) in [6.07, 6.45) is 2.56. The standard InChI is InChI=1S/C19H22N4O4/c1-2-20-18(25)15-9-6-10-23(15)19(26)14-11-21-16(22-17(14)24)12-27-13-7-4-3-5-8-13/h3-5,7-8,11,15H,2,6,9-10,12H2,1H3,(H,20,25)(H,21,22,24)/t15-/m0/s1. The second-order valence-electron chi connectivity index (χ2n) is 6.23. The Hall–Kier alpha value is -3.16. The molecule has 0 radical (unpaired) electrons. The molecule has 3 rings (SSSR count). The monoisotopic (exact) mass is 370 g/mol. The number of aromatic nitrogens is 2. The third-order valence-electron chi connectivity index (χ3n) is 4.37. The summed E-state index contributed by atoms with van der Waals surface area (Å²) >= 11 is 0. The molecule has 1 aliphatic rings. The number of likely N-dealkylation sites (N-methyl/N-ethyl adjacent to an activating group) is 1. The minimum Gasteiger partial charge on any atom is -0.486 e. The number of para-hydroxylation sites is 1. The quantitative estimate of drug-likeness (QED) is 0.792. The molecule has 2 aromatic rings. The van der Waals surface area contributed by atoms with Crippen LogP contribution in [0.15, 0.2) is 41.3 Å². The second kappa shape index (κ2) is 8.48. The van der Waals surface area contributed by atoms with Crippen LogP contribution in [0.3, 0.4) is 0 Å². The van der Waals surface area contributed by atoms with Gasteiger partial charge in [0.2, 0.25) is 5.91 Å². The maximum Gasteiger partial charge on any atom is 0.263 e. The Labute approximate surface area is 156 Å². The van der Waals surface area contributed by atoms with Crippen LogP contribution < -0.4 is 15.6 Å². The van der Waals surface area contributed by atoms with E-state index in [1.807, 2.05) is 25.1 Å². The lowest BCUT2D eigenvalue weighted by Crippen LogP contribution is -2.47. The fourth-order valence-corrected chi connectivity index (χ4v) is 3.05. The first-order chi connectivity index (χ1) is 13.1. The SMILES string of the molecule is CCNC(=O)[C@@H]1CCCN1C(=O)c1cnc(COc2ccccc2)[nH]c1=O. The highest BCUT2D eigenvalue weighted by atomic mass is 16.5. The number of H-pyrrole nitrogens is 1. The third-order valence-corrected chi connectivity index (χ3v) is 4.37. The van der Waals surface area contributed by atoms with Crippen molar-refractivity contribution < 1.29 is 14.3 Å². The van der Waals surface area contributed by atoms with Gasteiger partial charge in [-0.1, -0.05) is 18.2 Å². The van der Waals surface area contributed by atoms with E-state index in [1.54, 1.807) is 12.1 Å². The molecule has 0 bridgehead atoms. The Morgan fingerprint density at radius 1 is 1.33 bits per heavy atom. The minimum absolute atomic E-state index is 0.0744. The molecule has 0 aliphatic carbocycles. The van der Waals surface area contributed by atoms with Gasteiger partial charge in [-0.15, -0.1) is 0 Å². The van der Waals surface area contributed by atoms with Crippen molar-refractivity contribution in [2.75, 3.05) is 13.1 Å². The molecular weight excluding hydrogens is 348 g/mol. The molecule has 0 unspecified atom stereocenters. The Morgan fingerprint density at radius 3 is 2.81 bits per heavy atom. The average Bonchev–Trinajstić information content (AvgIpc) is 3.17. The van der Waals surface area contributed by atoms with E-state index in [1.165, 1.54) is 11.1 Å². The van der Waals surface area contributed by atoms with Crippen LogP contribution >= 0.6 is 0 Å². The Bertz CT molecular complexity index is 866. The van der Waals surface area contributed by atoms with Crippen LogP contribution in [0.4, 0.5) is 0 Å². The van der Waals surface area contributed by atoms with Gasteiger partial charge in [0.25, 0.3) is 11.5 Å². The molecule has 1 aromatic carbocycles. The summed E-state index contributed by atoms with van der Waals surface area (Å²) in [6.45, 7) is 2.84. The molecule has 2 heterocycles. The maximum absolute atomic E-state index is 12.7. The van der Waals surface area contributed by atoms with Gasteiger partial charge >= 0.3 is 0 Å². The summed E-state index contributed by atoms with van der Waals surface area (Å²) in [5, 5.41) is 2.73. The number of carbonyl (C=O) groups is 2. The fourth-order valence-electron chi connectivity index (χ4n) is 3.05. The molecule has 2 N–H and O–H groups in total. The zero-order valence-electron chi connectivity index (χ0n) is 15.1. The number of aromatic amines is 1. The average molecular weight is 370 g/mol. The van der Waals surface area contributed by atoms with E-state index in [0.717, 1.165) is 6.42 Å². The maximum atomic E-state index is 12.7. The number of nitrogens with zero attached hydrogens (tertiary/aromatic N) is 2. The molecule has 1 aromatic heterocycles. The first kappa shape index (κ1) is 18.6. The molecule has 1 atom stereocenters. The van der Waals surface area contributed by atoms with E-state index in [0.29, 0.717) is 31.1 Å². The molecule has 8 nitrogen and oxygen atoms in total. The number of nitrogens with one attached hydrogen (secondary N) is 2. The van der Waals surface area contributed by atoms with Gasteiger partial charge in [-0.05, 0) is 31.9 Å². The van der Waals surface area contributed by atoms with Crippen molar-refractivity contribution in [3.63, 3.8) is 0 Å². The van der Waals surface area contributed by atoms with Gasteiger partial charge in [0.1, 0.15) is 29.8 Å². The van der Waals surface area contributed by atoms with Crippen molar-refractivity contribution >= 4 is 11.8 Å². The molecule has 1 fully saturated rings. The van der Waals surface area contributed by atoms with Crippen molar-refractivity contribution in [1.82, 2.24) is 20.2 Å². The first-order valence-electron chi connectivity index (χ1n) is 8.95. The van der Waals surface area contributed by atoms with Crippen molar-refractivity contribution in [1.29, 1.82) is 0 Å². The van der Waals surface area contributed by atoms with Crippen LogP contribution in [0.1, 0.15) is 35.9 Å². The van der Waals surface area contributed by atoms with Crippen molar-refractivity contribution in [2.45, 2.75) is 32.4 Å². The van der Waals surface area contributed by atoms with Gasteiger partial charge in [0, 0.05) is 19.3 Å². The van der Waals surface area contributed by atoms with Crippen LogP contribution in [0.5, 0.6) is 5.75 Å². The lowest BCUT2D eigenvalue weighted by atomic mass is 10.2. The predicted octanol–water partition coefficient (Wildman–Crippen LogP) is 1.09. The van der Waals surface area contributed by atoms with Crippen LogP contribution in [0.2, 0.25) is 0 Å². The number of hydrogen-bond donors (Lipinski definition) is 2. The number of carbonyl (C=O) groups excluding carboxylic acids is 2. The van der Waals surface area contributed by atoms with E-state index in [2.05, 4.69) is 15.3 Å². The predicted molar refractivity (Wildman–Crippen MR) is 98.4 cm³/mol. The molecule has 1 saturated heterocycles. The molecule has 0 spiro atoms. The largest absolute Gasteiger partial charge is 0.486 e. The minimum atomic E-state index is -0.544. The third kappa shape index (κ3) is 4.33. The normalized spacial score (nSPS) is 16.2. The molecular formula is C19H22N4O4. The molecule has 27 heavy (non-hydrogen) atoms. The van der Waals surface area contributed by atoms with Crippen molar-refractivity contribution in [2.24, 2.45) is 0 Å². The highest BCUT2D eigenvalue weighted by Gasteiger charge is 2.35. The number of likely N-dealkylation sites (tertiary alicyclic amines) is 1. The van der Waals surface area contributed by atoms with Crippen LogP contribution in [0.25, 0.3) is 0 Å². The lowest BCUT2D eigenvalue weighted by Gasteiger charge is -2.23. The van der Waals surface area contributed by atoms with Crippen LogP contribution in [-0.2, 0) is 11.4 Å². The van der Waals surface area contributed by atoms with Gasteiger partial charge in [0.15, 0.2) is 0 Å². The van der Waals surface area contributed by atoms with Gasteiger partial charge in [-0.25, -0.2) is 4.98 Å². The molecule has 0 saturated carbocycles. The highest BCUT2D eigenvalue weighted by Crippen LogP contribution is 2.19. The Kier molecular flexibility index (Phi) is 5.85. The Balaban J connectivity index is 1.70. The summed E-state index contributed by atoms with van der Waals surface area (Å²) in [6, 6.07) is 8.61.